The molecular formula is C15H17N3O2S. The second kappa shape index (κ2) is 5.81. The zero-order chi connectivity index (χ0) is 14.8. The Labute approximate surface area is 127 Å². The van der Waals surface area contributed by atoms with Crippen LogP contribution in [0.4, 0.5) is 5.13 Å². The molecule has 0 spiro atoms. The molecule has 1 aliphatic carbocycles. The van der Waals surface area contributed by atoms with Gasteiger partial charge in [-0.1, -0.05) is 17.4 Å². The molecule has 0 aliphatic heterocycles. The summed E-state index contributed by atoms with van der Waals surface area (Å²) in [6.45, 7) is 3.58. The van der Waals surface area contributed by atoms with Crippen molar-refractivity contribution in [3.8, 4) is 5.75 Å². The number of amides is 1. The molecule has 1 unspecified atom stereocenters. The Morgan fingerprint density at radius 2 is 2.14 bits per heavy atom. The summed E-state index contributed by atoms with van der Waals surface area (Å²) in [6, 6.07) is 6.07. The summed E-state index contributed by atoms with van der Waals surface area (Å²) < 4.78 is 5.72. The highest BCUT2D eigenvalue weighted by molar-refractivity contribution is 7.15. The fourth-order valence-electron chi connectivity index (χ4n) is 2.43. The first-order chi connectivity index (χ1) is 10.1. The van der Waals surface area contributed by atoms with Crippen LogP contribution in [0, 0.1) is 6.92 Å². The van der Waals surface area contributed by atoms with Crippen molar-refractivity contribution in [1.29, 1.82) is 0 Å². The van der Waals surface area contributed by atoms with Gasteiger partial charge in [0.2, 0.25) is 5.13 Å². The highest BCUT2D eigenvalue weighted by Crippen LogP contribution is 2.26. The van der Waals surface area contributed by atoms with Gasteiger partial charge in [-0.2, -0.15) is 0 Å². The highest BCUT2D eigenvalue weighted by atomic mass is 32.1. The van der Waals surface area contributed by atoms with E-state index in [1.54, 1.807) is 6.92 Å². The number of rotatable bonds is 4. The van der Waals surface area contributed by atoms with Crippen molar-refractivity contribution in [2.24, 2.45) is 0 Å². The summed E-state index contributed by atoms with van der Waals surface area (Å²) in [7, 11) is 0. The molecule has 6 heteroatoms. The van der Waals surface area contributed by atoms with Gasteiger partial charge >= 0.3 is 0 Å². The molecule has 5 nitrogen and oxygen atoms in total. The molecule has 1 atom stereocenters. The molecule has 1 heterocycles. The first kappa shape index (κ1) is 14.0. The Morgan fingerprint density at radius 1 is 1.33 bits per heavy atom. The van der Waals surface area contributed by atoms with E-state index >= 15 is 0 Å². The van der Waals surface area contributed by atoms with E-state index in [2.05, 4.69) is 21.6 Å². The van der Waals surface area contributed by atoms with Gasteiger partial charge in [-0.05, 0) is 56.4 Å². The van der Waals surface area contributed by atoms with E-state index in [9.17, 15) is 4.79 Å². The number of fused-ring (bicyclic) bond motifs is 1. The standard InChI is InChI=1S/C15H17N3O2S/c1-9(14(19)16-15-18-17-10(2)21-15)20-13-7-6-11-4-3-5-12(11)8-13/h6-9H,3-5H2,1-2H3,(H,16,18,19). The number of carbonyl (C=O) groups excluding carboxylic acids is 1. The predicted molar refractivity (Wildman–Crippen MR) is 81.8 cm³/mol. The van der Waals surface area contributed by atoms with Gasteiger partial charge in [0.25, 0.3) is 5.91 Å². The second-order valence-corrected chi connectivity index (χ2v) is 6.34. The molecule has 0 saturated heterocycles. The molecule has 21 heavy (non-hydrogen) atoms. The Bertz CT molecular complexity index is 669. The van der Waals surface area contributed by atoms with Crippen molar-refractivity contribution >= 4 is 22.4 Å². The van der Waals surface area contributed by atoms with Crippen LogP contribution in [0.5, 0.6) is 5.75 Å². The van der Waals surface area contributed by atoms with Crippen LogP contribution in [0.2, 0.25) is 0 Å². The quantitative estimate of drug-likeness (QED) is 0.943. The van der Waals surface area contributed by atoms with E-state index in [-0.39, 0.29) is 5.91 Å². The maximum absolute atomic E-state index is 12.1. The molecule has 0 saturated carbocycles. The third kappa shape index (κ3) is 3.21. The van der Waals surface area contributed by atoms with Gasteiger partial charge in [-0.3, -0.25) is 10.1 Å². The molecule has 1 aromatic carbocycles. The van der Waals surface area contributed by atoms with E-state index in [1.807, 2.05) is 19.1 Å². The smallest absolute Gasteiger partial charge is 0.266 e. The van der Waals surface area contributed by atoms with Crippen LogP contribution in [-0.2, 0) is 17.6 Å². The van der Waals surface area contributed by atoms with Crippen LogP contribution >= 0.6 is 11.3 Å². The van der Waals surface area contributed by atoms with E-state index in [1.165, 1.54) is 28.9 Å². The molecular weight excluding hydrogens is 286 g/mol. The number of anilines is 1. The molecule has 1 N–H and O–H groups in total. The summed E-state index contributed by atoms with van der Waals surface area (Å²) >= 11 is 1.35. The monoisotopic (exact) mass is 303 g/mol. The number of nitrogens with zero attached hydrogens (tertiary/aromatic N) is 2. The third-order valence-corrected chi connectivity index (χ3v) is 4.26. The minimum Gasteiger partial charge on any atom is -0.481 e. The van der Waals surface area contributed by atoms with Gasteiger partial charge in [0.1, 0.15) is 10.8 Å². The van der Waals surface area contributed by atoms with Gasteiger partial charge in [-0.15, -0.1) is 10.2 Å². The number of aromatic nitrogens is 2. The molecule has 1 amide bonds. The molecule has 3 rings (SSSR count). The fourth-order valence-corrected chi connectivity index (χ4v) is 3.03. The summed E-state index contributed by atoms with van der Waals surface area (Å²) in [5.41, 5.74) is 2.73. The van der Waals surface area contributed by atoms with Crippen molar-refractivity contribution in [3.63, 3.8) is 0 Å². The lowest BCUT2D eigenvalue weighted by Gasteiger charge is -2.14. The summed E-state index contributed by atoms with van der Waals surface area (Å²) in [5.74, 6) is 0.526. The van der Waals surface area contributed by atoms with Crippen molar-refractivity contribution in [2.45, 2.75) is 39.2 Å². The van der Waals surface area contributed by atoms with E-state index in [0.717, 1.165) is 23.6 Å². The molecule has 1 aliphatic rings. The van der Waals surface area contributed by atoms with Gasteiger partial charge in [0.05, 0.1) is 0 Å². The first-order valence-electron chi connectivity index (χ1n) is 7.01. The van der Waals surface area contributed by atoms with Crippen LogP contribution in [0.1, 0.15) is 29.5 Å². The summed E-state index contributed by atoms with van der Waals surface area (Å²) in [4.78, 5) is 12.1. The third-order valence-electron chi connectivity index (χ3n) is 3.51. The molecule has 2 aromatic rings. The predicted octanol–water partition coefficient (Wildman–Crippen LogP) is 2.74. The lowest BCUT2D eigenvalue weighted by Crippen LogP contribution is -2.30. The number of carbonyl (C=O) groups is 1. The van der Waals surface area contributed by atoms with E-state index < -0.39 is 6.10 Å². The Kier molecular flexibility index (Phi) is 3.88. The van der Waals surface area contributed by atoms with E-state index in [4.69, 9.17) is 4.74 Å². The summed E-state index contributed by atoms with van der Waals surface area (Å²) in [5, 5.41) is 11.8. The Hall–Kier alpha value is -1.95. The number of hydrogen-bond donors (Lipinski definition) is 1. The van der Waals surface area contributed by atoms with Gasteiger partial charge < -0.3 is 4.74 Å². The minimum atomic E-state index is -0.575. The fraction of sp³-hybridized carbons (Fsp3) is 0.400. The highest BCUT2D eigenvalue weighted by Gasteiger charge is 2.18. The molecule has 0 fully saturated rings. The Morgan fingerprint density at radius 3 is 2.90 bits per heavy atom. The molecule has 1 aromatic heterocycles. The van der Waals surface area contributed by atoms with Crippen LogP contribution in [0.3, 0.4) is 0 Å². The van der Waals surface area contributed by atoms with Crippen molar-refractivity contribution in [2.75, 3.05) is 5.32 Å². The first-order valence-corrected chi connectivity index (χ1v) is 7.83. The average Bonchev–Trinajstić information content (AvgIpc) is 3.07. The lowest BCUT2D eigenvalue weighted by atomic mass is 10.1. The van der Waals surface area contributed by atoms with Crippen LogP contribution < -0.4 is 10.1 Å². The summed E-state index contributed by atoms with van der Waals surface area (Å²) in [6.07, 6.45) is 2.86. The zero-order valence-electron chi connectivity index (χ0n) is 12.0. The molecule has 110 valence electrons. The minimum absolute atomic E-state index is 0.216. The topological polar surface area (TPSA) is 64.1 Å². The maximum Gasteiger partial charge on any atom is 0.266 e. The number of nitrogens with one attached hydrogen (secondary N) is 1. The average molecular weight is 303 g/mol. The van der Waals surface area contributed by atoms with Crippen molar-refractivity contribution < 1.29 is 9.53 Å². The largest absolute Gasteiger partial charge is 0.481 e. The SMILES string of the molecule is Cc1nnc(NC(=O)C(C)Oc2ccc3c(c2)CCC3)s1. The van der Waals surface area contributed by atoms with Crippen molar-refractivity contribution in [3.05, 3.63) is 34.3 Å². The molecule has 0 radical (unpaired) electrons. The zero-order valence-corrected chi connectivity index (χ0v) is 12.9. The number of benzene rings is 1. The maximum atomic E-state index is 12.1. The number of ether oxygens (including phenoxy) is 1. The van der Waals surface area contributed by atoms with Crippen LogP contribution in [0.25, 0.3) is 0 Å². The van der Waals surface area contributed by atoms with Gasteiger partial charge in [0.15, 0.2) is 6.10 Å². The molecule has 0 bridgehead atoms. The second-order valence-electron chi connectivity index (χ2n) is 5.16. The van der Waals surface area contributed by atoms with Crippen LogP contribution in [0.15, 0.2) is 18.2 Å². The van der Waals surface area contributed by atoms with Gasteiger partial charge in [-0.25, -0.2) is 0 Å². The normalized spacial score (nSPS) is 14.6. The van der Waals surface area contributed by atoms with E-state index in [0.29, 0.717) is 5.13 Å². The van der Waals surface area contributed by atoms with Crippen molar-refractivity contribution in [1.82, 2.24) is 10.2 Å². The number of hydrogen-bond acceptors (Lipinski definition) is 5. The number of aryl methyl sites for hydroxylation is 3. The lowest BCUT2D eigenvalue weighted by molar-refractivity contribution is -0.122. The Balaban J connectivity index is 1.62. The van der Waals surface area contributed by atoms with Crippen LogP contribution in [-0.4, -0.2) is 22.2 Å². The van der Waals surface area contributed by atoms with Gasteiger partial charge in [0, 0.05) is 0 Å².